The normalized spacial score (nSPS) is 35.3. The van der Waals surface area contributed by atoms with Crippen LogP contribution in [0.2, 0.25) is 0 Å². The van der Waals surface area contributed by atoms with Crippen molar-refractivity contribution in [3.05, 3.63) is 12.2 Å². The van der Waals surface area contributed by atoms with Gasteiger partial charge in [-0.1, -0.05) is 64.5 Å². The van der Waals surface area contributed by atoms with E-state index in [2.05, 4.69) is 32.1 Å². The van der Waals surface area contributed by atoms with Crippen LogP contribution in [0.3, 0.4) is 0 Å². The molecule has 0 bridgehead atoms. The minimum Gasteiger partial charge on any atom is -0.197 e. The van der Waals surface area contributed by atoms with Crippen LogP contribution in [0.25, 0.3) is 0 Å². The maximum absolute atomic E-state index is 9.69. The Labute approximate surface area is 144 Å². The van der Waals surface area contributed by atoms with Gasteiger partial charge in [-0.3, -0.25) is 0 Å². The Morgan fingerprint density at radius 3 is 2.17 bits per heavy atom. The lowest BCUT2D eigenvalue weighted by atomic mass is 9.64. The van der Waals surface area contributed by atoms with E-state index in [4.69, 9.17) is 0 Å². The third-order valence-corrected chi connectivity index (χ3v) is 6.56. The maximum Gasteiger partial charge on any atom is 0.0753 e. The fraction of sp³-hybridized carbons (Fsp3) is 0.864. The predicted molar refractivity (Wildman–Crippen MR) is 99.0 cm³/mol. The molecule has 23 heavy (non-hydrogen) atoms. The molecule has 0 aromatic carbocycles. The van der Waals surface area contributed by atoms with E-state index in [1.165, 1.54) is 64.2 Å². The first kappa shape index (κ1) is 18.6. The zero-order chi connectivity index (χ0) is 16.5. The molecule has 0 aromatic rings. The van der Waals surface area contributed by atoms with Crippen molar-refractivity contribution in [2.24, 2.45) is 23.2 Å². The molecule has 2 rings (SSSR count). The molecule has 0 aromatic heterocycles. The second kappa shape index (κ2) is 9.51. The van der Waals surface area contributed by atoms with Crippen LogP contribution in [0.5, 0.6) is 0 Å². The molecule has 0 amide bonds. The molecule has 0 heterocycles. The minimum atomic E-state index is -0.135. The lowest BCUT2D eigenvalue weighted by Crippen LogP contribution is -2.30. The summed E-state index contributed by atoms with van der Waals surface area (Å²) in [5, 5.41) is 9.69. The third kappa shape index (κ3) is 5.37. The number of unbranched alkanes of at least 4 members (excludes halogenated alkanes) is 2. The lowest BCUT2D eigenvalue weighted by molar-refractivity contribution is 0.137. The summed E-state index contributed by atoms with van der Waals surface area (Å²) >= 11 is 0. The van der Waals surface area contributed by atoms with Gasteiger partial charge in [0.05, 0.1) is 11.5 Å². The Balaban J connectivity index is 1.79. The molecule has 0 saturated heterocycles. The van der Waals surface area contributed by atoms with Crippen molar-refractivity contribution in [3.8, 4) is 6.07 Å². The van der Waals surface area contributed by atoms with Crippen molar-refractivity contribution >= 4 is 0 Å². The van der Waals surface area contributed by atoms with Crippen LogP contribution in [0.4, 0.5) is 0 Å². The Hall–Kier alpha value is -0.770. The topological polar surface area (TPSA) is 23.8 Å². The van der Waals surface area contributed by atoms with Crippen LogP contribution in [0, 0.1) is 34.5 Å². The molecule has 1 nitrogen and oxygen atoms in total. The second-order valence-corrected chi connectivity index (χ2v) is 8.22. The Morgan fingerprint density at radius 1 is 0.957 bits per heavy atom. The largest absolute Gasteiger partial charge is 0.197 e. The summed E-state index contributed by atoms with van der Waals surface area (Å²) in [6.07, 6.45) is 21.6. The van der Waals surface area contributed by atoms with Gasteiger partial charge in [0.2, 0.25) is 0 Å². The molecule has 0 spiro atoms. The number of allylic oxidation sites excluding steroid dienone is 2. The Bertz CT molecular complexity index is 387. The van der Waals surface area contributed by atoms with Crippen LogP contribution in [-0.4, -0.2) is 0 Å². The molecule has 130 valence electrons. The Kier molecular flexibility index (Phi) is 7.68. The van der Waals surface area contributed by atoms with Crippen molar-refractivity contribution in [1.29, 1.82) is 5.26 Å². The van der Waals surface area contributed by atoms with E-state index in [0.717, 1.165) is 37.0 Å². The van der Waals surface area contributed by atoms with E-state index >= 15 is 0 Å². The van der Waals surface area contributed by atoms with E-state index in [9.17, 15) is 5.26 Å². The first-order chi connectivity index (χ1) is 11.2. The summed E-state index contributed by atoms with van der Waals surface area (Å²) in [6, 6.07) is 2.65. The molecule has 0 atom stereocenters. The standard InChI is InChI=1S/C22H37N/c1-3-5-6-7-15-22(18-23)16-13-21(14-17-22)20-11-9-19(8-4-2)10-12-20/h7,15,19-21H,3-6,8-14,16-17H2,1-2H3/b15-7-. The van der Waals surface area contributed by atoms with Crippen LogP contribution < -0.4 is 0 Å². The second-order valence-electron chi connectivity index (χ2n) is 8.22. The van der Waals surface area contributed by atoms with Crippen LogP contribution in [-0.2, 0) is 0 Å². The molecule has 0 aliphatic heterocycles. The van der Waals surface area contributed by atoms with Gasteiger partial charge in [-0.15, -0.1) is 0 Å². The fourth-order valence-corrected chi connectivity index (χ4v) is 4.93. The Morgan fingerprint density at radius 2 is 1.61 bits per heavy atom. The average molecular weight is 316 g/mol. The molecule has 2 fully saturated rings. The summed E-state index contributed by atoms with van der Waals surface area (Å²) < 4.78 is 0. The third-order valence-electron chi connectivity index (χ3n) is 6.56. The number of nitriles is 1. The highest BCUT2D eigenvalue weighted by Crippen LogP contribution is 2.46. The van der Waals surface area contributed by atoms with Gasteiger partial charge in [0.25, 0.3) is 0 Å². The van der Waals surface area contributed by atoms with Gasteiger partial charge in [-0.05, 0) is 62.7 Å². The van der Waals surface area contributed by atoms with Gasteiger partial charge in [0.15, 0.2) is 0 Å². The number of hydrogen-bond donors (Lipinski definition) is 0. The summed E-state index contributed by atoms with van der Waals surface area (Å²) in [6.45, 7) is 4.55. The molecule has 2 aliphatic rings. The van der Waals surface area contributed by atoms with Gasteiger partial charge in [-0.25, -0.2) is 0 Å². The number of rotatable bonds is 7. The van der Waals surface area contributed by atoms with Crippen LogP contribution >= 0.6 is 0 Å². The first-order valence-corrected chi connectivity index (χ1v) is 10.3. The van der Waals surface area contributed by atoms with Gasteiger partial charge in [0, 0.05) is 0 Å². The zero-order valence-electron chi connectivity index (χ0n) is 15.5. The summed E-state index contributed by atoms with van der Waals surface area (Å²) in [7, 11) is 0. The van der Waals surface area contributed by atoms with Crippen molar-refractivity contribution in [2.45, 2.75) is 97.3 Å². The van der Waals surface area contributed by atoms with Crippen molar-refractivity contribution in [2.75, 3.05) is 0 Å². The van der Waals surface area contributed by atoms with Crippen LogP contribution in [0.1, 0.15) is 97.3 Å². The van der Waals surface area contributed by atoms with Crippen molar-refractivity contribution < 1.29 is 0 Å². The van der Waals surface area contributed by atoms with Crippen LogP contribution in [0.15, 0.2) is 12.2 Å². The smallest absolute Gasteiger partial charge is 0.0753 e. The minimum absolute atomic E-state index is 0.135. The molecular formula is C22H37N. The first-order valence-electron chi connectivity index (χ1n) is 10.3. The molecule has 0 N–H and O–H groups in total. The van der Waals surface area contributed by atoms with E-state index in [1.807, 2.05) is 0 Å². The number of nitrogens with zero attached hydrogens (tertiary/aromatic N) is 1. The zero-order valence-corrected chi connectivity index (χ0v) is 15.5. The quantitative estimate of drug-likeness (QED) is 0.365. The molecule has 2 aliphatic carbocycles. The van der Waals surface area contributed by atoms with Gasteiger partial charge < -0.3 is 0 Å². The average Bonchev–Trinajstić information content (AvgIpc) is 2.60. The van der Waals surface area contributed by atoms with Gasteiger partial charge in [0.1, 0.15) is 0 Å². The lowest BCUT2D eigenvalue weighted by Gasteiger charge is -2.39. The predicted octanol–water partition coefficient (Wildman–Crippen LogP) is 7.04. The molecule has 0 unspecified atom stereocenters. The van der Waals surface area contributed by atoms with E-state index < -0.39 is 0 Å². The van der Waals surface area contributed by atoms with E-state index in [0.29, 0.717) is 0 Å². The van der Waals surface area contributed by atoms with E-state index in [1.54, 1.807) is 0 Å². The van der Waals surface area contributed by atoms with Gasteiger partial charge in [-0.2, -0.15) is 5.26 Å². The van der Waals surface area contributed by atoms with Crippen molar-refractivity contribution in [3.63, 3.8) is 0 Å². The highest BCUT2D eigenvalue weighted by atomic mass is 14.4. The molecule has 2 saturated carbocycles. The number of hydrogen-bond acceptors (Lipinski definition) is 1. The summed E-state index contributed by atoms with van der Waals surface area (Å²) in [5.41, 5.74) is -0.135. The fourth-order valence-electron chi connectivity index (χ4n) is 4.93. The molecular weight excluding hydrogens is 278 g/mol. The molecule has 0 radical (unpaired) electrons. The van der Waals surface area contributed by atoms with E-state index in [-0.39, 0.29) is 5.41 Å². The maximum atomic E-state index is 9.69. The highest BCUT2D eigenvalue weighted by Gasteiger charge is 2.36. The SMILES string of the molecule is CCCC/C=C\C1(C#N)CCC(C2CCC(CCC)CC2)CC1. The van der Waals surface area contributed by atoms with Gasteiger partial charge >= 0.3 is 0 Å². The van der Waals surface area contributed by atoms with Crippen molar-refractivity contribution in [1.82, 2.24) is 0 Å². The summed E-state index contributed by atoms with van der Waals surface area (Å²) in [4.78, 5) is 0. The summed E-state index contributed by atoms with van der Waals surface area (Å²) in [5.74, 6) is 2.88. The highest BCUT2D eigenvalue weighted by molar-refractivity contribution is 5.14. The monoisotopic (exact) mass is 315 g/mol. The molecule has 1 heteroatoms.